The number of aromatic nitrogens is 4. The summed E-state index contributed by atoms with van der Waals surface area (Å²) in [6.07, 6.45) is 1.65. The number of nitrogens with zero attached hydrogens (tertiary/aromatic N) is 4. The van der Waals surface area contributed by atoms with Gasteiger partial charge in [-0.2, -0.15) is 4.98 Å². The van der Waals surface area contributed by atoms with Crippen molar-refractivity contribution in [2.75, 3.05) is 11.1 Å². The lowest BCUT2D eigenvalue weighted by atomic mass is 10.1. The van der Waals surface area contributed by atoms with Crippen molar-refractivity contribution in [3.8, 4) is 16.9 Å². The van der Waals surface area contributed by atoms with E-state index in [1.807, 2.05) is 60.8 Å². The molecule has 0 spiro atoms. The molecule has 2 aromatic carbocycles. The lowest BCUT2D eigenvalue weighted by Gasteiger charge is -2.22. The zero-order valence-corrected chi connectivity index (χ0v) is 19.1. The van der Waals surface area contributed by atoms with Gasteiger partial charge >= 0.3 is 0 Å². The molecular formula is C24H19ClN6OS. The summed E-state index contributed by atoms with van der Waals surface area (Å²) >= 11 is 7.90. The van der Waals surface area contributed by atoms with Crippen molar-refractivity contribution in [2.24, 2.45) is 0 Å². The zero-order valence-electron chi connectivity index (χ0n) is 17.6. The summed E-state index contributed by atoms with van der Waals surface area (Å²) in [6, 6.07) is 16.6. The van der Waals surface area contributed by atoms with Gasteiger partial charge in [-0.05, 0) is 36.6 Å². The summed E-state index contributed by atoms with van der Waals surface area (Å²) in [5.74, 6) is 0.688. The second-order valence-electron chi connectivity index (χ2n) is 7.48. The Morgan fingerprint density at radius 3 is 2.70 bits per heavy atom. The van der Waals surface area contributed by atoms with E-state index in [4.69, 9.17) is 17.3 Å². The van der Waals surface area contributed by atoms with E-state index in [0.29, 0.717) is 16.2 Å². The molecule has 3 aromatic heterocycles. The summed E-state index contributed by atoms with van der Waals surface area (Å²) in [4.78, 5) is 26.5. The number of nitrogen functional groups attached to an aromatic ring is 1. The molecule has 0 aliphatic heterocycles. The van der Waals surface area contributed by atoms with Crippen molar-refractivity contribution >= 4 is 45.5 Å². The van der Waals surface area contributed by atoms with Gasteiger partial charge in [0.1, 0.15) is 5.82 Å². The highest BCUT2D eigenvalue weighted by Gasteiger charge is 2.20. The molecule has 5 rings (SSSR count). The summed E-state index contributed by atoms with van der Waals surface area (Å²) < 4.78 is 1.68. The number of hydrogen-bond acceptors (Lipinski definition) is 7. The van der Waals surface area contributed by atoms with Crippen LogP contribution in [-0.4, -0.2) is 19.5 Å². The molecule has 1 atom stereocenters. The van der Waals surface area contributed by atoms with Crippen LogP contribution in [0.1, 0.15) is 18.7 Å². The van der Waals surface area contributed by atoms with Crippen LogP contribution in [0.4, 0.5) is 11.8 Å². The molecule has 164 valence electrons. The van der Waals surface area contributed by atoms with Crippen molar-refractivity contribution in [1.82, 2.24) is 19.5 Å². The average molecular weight is 475 g/mol. The van der Waals surface area contributed by atoms with Crippen LogP contribution in [-0.2, 0) is 0 Å². The third-order valence-corrected chi connectivity index (χ3v) is 6.25. The summed E-state index contributed by atoms with van der Waals surface area (Å²) in [6.45, 7) is 1.97. The molecule has 1 unspecified atom stereocenters. The number of nitrogens with one attached hydrogen (secondary N) is 1. The van der Waals surface area contributed by atoms with Crippen LogP contribution in [0, 0.1) is 0 Å². The minimum absolute atomic E-state index is 0.148. The second kappa shape index (κ2) is 8.65. The maximum atomic E-state index is 13.6. The molecule has 0 saturated heterocycles. The van der Waals surface area contributed by atoms with Gasteiger partial charge in [0.05, 0.1) is 33.2 Å². The highest BCUT2D eigenvalue weighted by atomic mass is 35.5. The largest absolute Gasteiger partial charge is 0.368 e. The molecule has 0 aliphatic rings. The van der Waals surface area contributed by atoms with Crippen LogP contribution in [0.15, 0.2) is 76.5 Å². The number of rotatable bonds is 5. The van der Waals surface area contributed by atoms with Gasteiger partial charge < -0.3 is 11.1 Å². The van der Waals surface area contributed by atoms with E-state index in [1.165, 1.54) is 11.3 Å². The van der Waals surface area contributed by atoms with Crippen molar-refractivity contribution in [2.45, 2.75) is 13.0 Å². The van der Waals surface area contributed by atoms with Gasteiger partial charge in [0.15, 0.2) is 0 Å². The number of benzene rings is 2. The Labute approximate surface area is 198 Å². The first-order valence-corrected chi connectivity index (χ1v) is 11.5. The molecule has 3 N–H and O–H groups in total. The first kappa shape index (κ1) is 21.1. The Morgan fingerprint density at radius 1 is 1.12 bits per heavy atom. The summed E-state index contributed by atoms with van der Waals surface area (Å²) in [7, 11) is 0. The van der Waals surface area contributed by atoms with Gasteiger partial charge in [-0.25, -0.2) is 9.97 Å². The topological polar surface area (TPSA) is 98.7 Å². The molecule has 0 fully saturated rings. The van der Waals surface area contributed by atoms with Gasteiger partial charge in [0.25, 0.3) is 5.56 Å². The fourth-order valence-electron chi connectivity index (χ4n) is 3.82. The van der Waals surface area contributed by atoms with Crippen LogP contribution in [0.3, 0.4) is 0 Å². The molecule has 5 aromatic rings. The Bertz CT molecular complexity index is 1500. The van der Waals surface area contributed by atoms with Crippen LogP contribution < -0.4 is 16.6 Å². The zero-order chi connectivity index (χ0) is 22.9. The third kappa shape index (κ3) is 3.94. The lowest BCUT2D eigenvalue weighted by molar-refractivity contribution is 0.773. The molecular weight excluding hydrogens is 456 g/mol. The summed E-state index contributed by atoms with van der Waals surface area (Å²) in [5, 5.41) is 7.00. The van der Waals surface area contributed by atoms with Gasteiger partial charge in [-0.15, -0.1) is 11.3 Å². The minimum atomic E-state index is -0.312. The minimum Gasteiger partial charge on any atom is -0.368 e. The molecule has 0 amide bonds. The highest BCUT2D eigenvalue weighted by molar-refractivity contribution is 7.07. The third-order valence-electron chi connectivity index (χ3n) is 5.35. The smallest absolute Gasteiger partial charge is 0.264 e. The van der Waals surface area contributed by atoms with Gasteiger partial charge in [-0.3, -0.25) is 9.36 Å². The van der Waals surface area contributed by atoms with E-state index in [1.54, 1.807) is 22.3 Å². The maximum Gasteiger partial charge on any atom is 0.264 e. The first-order valence-electron chi connectivity index (χ1n) is 10.2. The van der Waals surface area contributed by atoms with Crippen LogP contribution >= 0.6 is 22.9 Å². The number of thiazole rings is 1. The fraction of sp³-hybridized carbons (Fsp3) is 0.0833. The predicted octanol–water partition coefficient (Wildman–Crippen LogP) is 5.31. The van der Waals surface area contributed by atoms with E-state index in [0.717, 1.165) is 28.0 Å². The number of fused-ring (bicyclic) bond motifs is 1. The Morgan fingerprint density at radius 2 is 1.94 bits per heavy atom. The number of halogens is 1. The first-order chi connectivity index (χ1) is 16.0. The predicted molar refractivity (Wildman–Crippen MR) is 134 cm³/mol. The number of hydrogen-bond donors (Lipinski definition) is 2. The Balaban J connectivity index is 1.68. The van der Waals surface area contributed by atoms with E-state index < -0.39 is 0 Å². The van der Waals surface area contributed by atoms with Crippen LogP contribution in [0.25, 0.3) is 27.7 Å². The maximum absolute atomic E-state index is 13.6. The average Bonchev–Trinajstić information content (AvgIpc) is 3.34. The van der Waals surface area contributed by atoms with E-state index in [2.05, 4.69) is 20.3 Å². The molecule has 33 heavy (non-hydrogen) atoms. The molecule has 9 heteroatoms. The number of nitrogens with two attached hydrogens (primary N) is 1. The van der Waals surface area contributed by atoms with Crippen molar-refractivity contribution in [1.29, 1.82) is 0 Å². The van der Waals surface area contributed by atoms with Gasteiger partial charge in [0.2, 0.25) is 5.95 Å². The Hall–Kier alpha value is -3.75. The Kier molecular flexibility index (Phi) is 5.53. The van der Waals surface area contributed by atoms with E-state index in [9.17, 15) is 4.79 Å². The quantitative estimate of drug-likeness (QED) is 0.358. The number of anilines is 2. The van der Waals surface area contributed by atoms with Crippen molar-refractivity contribution < 1.29 is 0 Å². The van der Waals surface area contributed by atoms with Crippen LogP contribution in [0.5, 0.6) is 0 Å². The standard InChI is InChI=1S/C24H19ClN6OS/c1-14(29-22-17(11-27-24(26)30-22)19-12-33-13-28-19)20-10-15-6-5-9-18(25)21(15)23(32)31(20)16-7-3-2-4-8-16/h2-14H,1H3,(H3,26,27,29,30). The lowest BCUT2D eigenvalue weighted by Crippen LogP contribution is -2.26. The number of para-hydroxylation sites is 1. The highest BCUT2D eigenvalue weighted by Crippen LogP contribution is 2.31. The molecule has 3 heterocycles. The van der Waals surface area contributed by atoms with Crippen molar-refractivity contribution in [3.05, 3.63) is 92.8 Å². The number of pyridine rings is 1. The molecule has 0 radical (unpaired) electrons. The second-order valence-corrected chi connectivity index (χ2v) is 8.61. The monoisotopic (exact) mass is 474 g/mol. The van der Waals surface area contributed by atoms with Gasteiger partial charge in [0, 0.05) is 23.0 Å². The molecule has 0 saturated carbocycles. The molecule has 0 aliphatic carbocycles. The van der Waals surface area contributed by atoms with E-state index >= 15 is 0 Å². The molecule has 0 bridgehead atoms. The van der Waals surface area contributed by atoms with E-state index in [-0.39, 0.29) is 17.5 Å². The molecule has 7 nitrogen and oxygen atoms in total. The van der Waals surface area contributed by atoms with Crippen LogP contribution in [0.2, 0.25) is 5.02 Å². The van der Waals surface area contributed by atoms with Crippen molar-refractivity contribution in [3.63, 3.8) is 0 Å². The normalized spacial score (nSPS) is 12.1. The SMILES string of the molecule is CC(Nc1nc(N)ncc1-c1cscn1)c1cc2cccc(Cl)c2c(=O)n1-c1ccccc1. The van der Waals surface area contributed by atoms with Gasteiger partial charge in [-0.1, -0.05) is 41.9 Å². The summed E-state index contributed by atoms with van der Waals surface area (Å²) in [5.41, 5.74) is 10.4. The fourth-order valence-corrected chi connectivity index (χ4v) is 4.63.